The number of unbranched alkanes of at least 4 members (excludes halogenated alkanes) is 1. The van der Waals surface area contributed by atoms with E-state index in [-0.39, 0.29) is 21.1 Å². The molecule has 1 aliphatic carbocycles. The first-order chi connectivity index (χ1) is 23.7. The third-order valence-corrected chi connectivity index (χ3v) is 12.5. The van der Waals surface area contributed by atoms with Gasteiger partial charge in [0.2, 0.25) is 16.7 Å². The highest BCUT2D eigenvalue weighted by molar-refractivity contribution is 7.92. The van der Waals surface area contributed by atoms with Crippen molar-refractivity contribution in [3.63, 3.8) is 0 Å². The minimum absolute atomic E-state index is 0.120. The largest absolute Gasteiger partial charge is 0.565 e. The number of amides is 1. The molecule has 2 aromatic carbocycles. The van der Waals surface area contributed by atoms with Gasteiger partial charge in [-0.05, 0) is 113 Å². The lowest BCUT2D eigenvalue weighted by Crippen LogP contribution is -2.67. The molecule has 1 amide bonds. The Balaban J connectivity index is 1.10. The summed E-state index contributed by atoms with van der Waals surface area (Å²) in [6, 6.07) is 12.1. The molecule has 266 valence electrons. The number of carbonyl (C=O) groups is 1. The molecule has 2 heterocycles. The van der Waals surface area contributed by atoms with Gasteiger partial charge in [0, 0.05) is 24.2 Å². The molecule has 2 aliphatic heterocycles. The van der Waals surface area contributed by atoms with E-state index < -0.39 is 11.4 Å². The fourth-order valence-corrected chi connectivity index (χ4v) is 9.54. The zero-order valence-electron chi connectivity index (χ0n) is 30.3. The molecule has 3 unspecified atom stereocenters. The number of allylic oxidation sites excluding steroid dienone is 3. The van der Waals surface area contributed by atoms with Crippen LogP contribution in [0.15, 0.2) is 71.8 Å². The Hall–Kier alpha value is -3.28. The molecule has 1 saturated heterocycles. The fraction of sp³-hybridized carbons (Fsp3) is 0.513. The lowest BCUT2D eigenvalue weighted by atomic mass is 9.99. The Morgan fingerprint density at radius 1 is 1.00 bits per heavy atom. The smallest absolute Gasteiger partial charge is 0.390 e. The summed E-state index contributed by atoms with van der Waals surface area (Å²) in [5.74, 6) is 2.53. The number of benzene rings is 2. The molecule has 0 radical (unpaired) electrons. The van der Waals surface area contributed by atoms with Crippen molar-refractivity contribution < 1.29 is 28.3 Å². The molecule has 1 fully saturated rings. The number of hydrogen-bond donors (Lipinski definition) is 0. The highest BCUT2D eigenvalue weighted by Crippen LogP contribution is 2.47. The van der Waals surface area contributed by atoms with Crippen molar-refractivity contribution in [1.82, 2.24) is 13.7 Å². The molecule has 0 N–H and O–H groups in total. The molecule has 10 heteroatoms. The Bertz CT molecular complexity index is 1520. The predicted molar refractivity (Wildman–Crippen MR) is 198 cm³/mol. The fourth-order valence-electron chi connectivity index (χ4n) is 7.42. The summed E-state index contributed by atoms with van der Waals surface area (Å²) in [4.78, 5) is 19.1. The average Bonchev–Trinajstić information content (AvgIpc) is 3.13. The number of methoxy groups -OCH3 is 3. The van der Waals surface area contributed by atoms with Gasteiger partial charge in [-0.15, -0.1) is 0 Å². The van der Waals surface area contributed by atoms with E-state index in [0.717, 1.165) is 63.9 Å². The van der Waals surface area contributed by atoms with Crippen LogP contribution in [-0.4, -0.2) is 98.8 Å². The van der Waals surface area contributed by atoms with Crippen molar-refractivity contribution in [1.29, 1.82) is 0 Å². The van der Waals surface area contributed by atoms with Gasteiger partial charge in [-0.3, -0.25) is 0 Å². The van der Waals surface area contributed by atoms with Crippen molar-refractivity contribution in [3.8, 4) is 23.0 Å². The van der Waals surface area contributed by atoms with Crippen molar-refractivity contribution in [3.05, 3.63) is 77.4 Å². The molecule has 2 aromatic rings. The van der Waals surface area contributed by atoms with E-state index in [4.69, 9.17) is 18.9 Å². The van der Waals surface area contributed by atoms with Gasteiger partial charge in [0.25, 0.3) is 0 Å². The molecule has 0 spiro atoms. The van der Waals surface area contributed by atoms with Crippen LogP contribution in [0.3, 0.4) is 0 Å². The summed E-state index contributed by atoms with van der Waals surface area (Å²) in [6.45, 7) is 10.5. The maximum atomic E-state index is 14.3. The normalized spacial score (nSPS) is 22.9. The van der Waals surface area contributed by atoms with Crippen LogP contribution in [0.5, 0.6) is 23.0 Å². The highest BCUT2D eigenvalue weighted by Gasteiger charge is 2.62. The van der Waals surface area contributed by atoms with Crippen LogP contribution >= 0.6 is 0 Å². The maximum absolute atomic E-state index is 14.3. The van der Waals surface area contributed by atoms with Crippen molar-refractivity contribution in [2.75, 3.05) is 61.2 Å². The molecule has 0 bridgehead atoms. The standard InChI is InChI=1S/C39H54N3O6S/c1-28(2)42(39(43)29(3)32-14-8-11-17-37(32)49(42)44)33-15-9-10-16-34(33)48-25-13-12-21-41-23-19-31(20-24-41)40(4)22-18-30-26-35(45-5)38(47-7)36(27-30)46-6/h8-11,14-17,26-28,31,37H,12-13,18-25H2,1-7H3/q+1. The van der Waals surface area contributed by atoms with Crippen molar-refractivity contribution >= 4 is 23.0 Å². The van der Waals surface area contributed by atoms with Gasteiger partial charge in [-0.1, -0.05) is 30.4 Å². The maximum Gasteiger partial charge on any atom is 0.390 e. The quantitative estimate of drug-likeness (QED) is 0.123. The van der Waals surface area contributed by atoms with E-state index in [9.17, 15) is 9.35 Å². The first kappa shape index (κ1) is 37.0. The lowest BCUT2D eigenvalue weighted by Gasteiger charge is -2.43. The monoisotopic (exact) mass is 692 g/mol. The molecule has 9 nitrogen and oxygen atoms in total. The van der Waals surface area contributed by atoms with Gasteiger partial charge in [0.15, 0.2) is 28.6 Å². The van der Waals surface area contributed by atoms with Crippen molar-refractivity contribution in [2.24, 2.45) is 0 Å². The predicted octanol–water partition coefficient (Wildman–Crippen LogP) is 6.24. The summed E-state index contributed by atoms with van der Waals surface area (Å²) in [7, 11) is 7.16. The Kier molecular flexibility index (Phi) is 12.5. The number of ether oxygens (including phenoxy) is 4. The SMILES string of the molecule is COc1cc(CCN(C)C2CCN(CCCCOc3ccccc3[N+]3(C(C)C)C(=O)C(C)=C4C=CC=CC4[S+]3[O-])CC2)cc(OC)c1OC. The number of piperidine rings is 1. The van der Waals surface area contributed by atoms with Crippen LogP contribution in [0.25, 0.3) is 0 Å². The van der Waals surface area contributed by atoms with Crippen LogP contribution in [0, 0.1) is 0 Å². The minimum Gasteiger partial charge on any atom is -0.565 e. The first-order valence-electron chi connectivity index (χ1n) is 17.5. The Labute approximate surface area is 296 Å². The second-order valence-corrected chi connectivity index (χ2v) is 15.1. The summed E-state index contributed by atoms with van der Waals surface area (Å²) in [6.07, 6.45) is 12.9. The first-order valence-corrected chi connectivity index (χ1v) is 18.7. The Morgan fingerprint density at radius 2 is 1.69 bits per heavy atom. The molecule has 3 atom stereocenters. The number of quaternary nitrogens is 1. The molecule has 5 rings (SSSR count). The van der Waals surface area contributed by atoms with Crippen molar-refractivity contribution in [2.45, 2.75) is 70.2 Å². The number of rotatable bonds is 15. The van der Waals surface area contributed by atoms with Crippen LogP contribution in [-0.2, 0) is 22.6 Å². The summed E-state index contributed by atoms with van der Waals surface area (Å²) >= 11 is -1.54. The number of hydrogen-bond acceptors (Lipinski definition) is 8. The van der Waals surface area contributed by atoms with Gasteiger partial charge in [-0.2, -0.15) is 0 Å². The van der Waals surface area contributed by atoms with E-state index in [1.165, 1.54) is 5.56 Å². The topological polar surface area (TPSA) is 83.5 Å². The van der Waals surface area contributed by atoms with Gasteiger partial charge >= 0.3 is 5.91 Å². The Morgan fingerprint density at radius 3 is 2.35 bits per heavy atom. The van der Waals surface area contributed by atoms with E-state index in [0.29, 0.717) is 46.9 Å². The zero-order chi connectivity index (χ0) is 35.1. The molecular weight excluding hydrogens is 639 g/mol. The van der Waals surface area contributed by atoms with Crippen LogP contribution in [0.2, 0.25) is 0 Å². The van der Waals surface area contributed by atoms with E-state index >= 15 is 0 Å². The van der Waals surface area contributed by atoms with Crippen LogP contribution in [0.1, 0.15) is 52.0 Å². The van der Waals surface area contributed by atoms with Crippen LogP contribution < -0.4 is 22.8 Å². The second-order valence-electron chi connectivity index (χ2n) is 13.4. The summed E-state index contributed by atoms with van der Waals surface area (Å²) < 4.78 is 36.9. The number of nitrogens with zero attached hydrogens (tertiary/aromatic N) is 3. The third-order valence-electron chi connectivity index (χ3n) is 10.3. The number of likely N-dealkylation sites (N-methyl/N-ethyl adjacent to an activating group) is 1. The van der Waals surface area contributed by atoms with Crippen LogP contribution in [0.4, 0.5) is 5.69 Å². The highest BCUT2D eigenvalue weighted by atomic mass is 32.2. The van der Waals surface area contributed by atoms with Gasteiger partial charge in [0.05, 0.1) is 33.5 Å². The number of carbonyl (C=O) groups excluding carboxylic acids is 1. The summed E-state index contributed by atoms with van der Waals surface area (Å²) in [5.41, 5.74) is 3.37. The second kappa shape index (κ2) is 16.6. The summed E-state index contributed by atoms with van der Waals surface area (Å²) in [5, 5.41) is -0.330. The molecule has 0 saturated carbocycles. The number of para-hydroxylation sites is 2. The zero-order valence-corrected chi connectivity index (χ0v) is 31.1. The third kappa shape index (κ3) is 7.59. The van der Waals surface area contributed by atoms with Gasteiger partial charge in [0.1, 0.15) is 6.04 Å². The van der Waals surface area contributed by atoms with Gasteiger partial charge < -0.3 is 33.3 Å². The molecule has 0 aromatic heterocycles. The van der Waals surface area contributed by atoms with E-state index in [1.54, 1.807) is 21.3 Å². The van der Waals surface area contributed by atoms with E-state index in [2.05, 4.69) is 16.8 Å². The lowest BCUT2D eigenvalue weighted by molar-refractivity contribution is -0.123. The molecule has 49 heavy (non-hydrogen) atoms. The number of fused-ring (bicyclic) bond motifs is 1. The van der Waals surface area contributed by atoms with E-state index in [1.807, 2.05) is 81.5 Å². The average molecular weight is 693 g/mol. The van der Waals surface area contributed by atoms with Gasteiger partial charge in [-0.25, -0.2) is 4.79 Å². The number of likely N-dealkylation sites (tertiary alicyclic amines) is 1. The minimum atomic E-state index is -1.54. The molecular formula is C39H54N3O6S+. The molecule has 3 aliphatic rings.